The van der Waals surface area contributed by atoms with E-state index in [0.717, 1.165) is 17.6 Å². The molecule has 0 aromatic heterocycles. The summed E-state index contributed by atoms with van der Waals surface area (Å²) in [5.74, 6) is 0. The zero-order chi connectivity index (χ0) is 13.6. The molecule has 0 spiro atoms. The third-order valence-corrected chi connectivity index (χ3v) is 4.49. The van der Waals surface area contributed by atoms with E-state index in [1.165, 1.54) is 27.6 Å². The molecule has 1 aliphatic heterocycles. The zero-order valence-electron chi connectivity index (χ0n) is 12.1. The summed E-state index contributed by atoms with van der Waals surface area (Å²) in [6, 6.07) is 24.3. The van der Waals surface area contributed by atoms with Crippen molar-refractivity contribution < 1.29 is 17.0 Å². The molecule has 0 saturated heterocycles. The number of quaternary nitrogens is 1. The Bertz CT molecular complexity index is 735. The number of para-hydroxylation sites is 1. The summed E-state index contributed by atoms with van der Waals surface area (Å²) in [6.45, 7) is 2.17. The van der Waals surface area contributed by atoms with Crippen LogP contribution in [-0.4, -0.2) is 7.05 Å². The molecule has 0 radical (unpaired) electrons. The van der Waals surface area contributed by atoms with Crippen LogP contribution in [0.3, 0.4) is 0 Å². The maximum atomic E-state index is 2.37. The Balaban J connectivity index is 0.00000132. The first-order valence-corrected chi connectivity index (χ1v) is 7.15. The van der Waals surface area contributed by atoms with Gasteiger partial charge in [-0.05, 0) is 35.0 Å². The van der Waals surface area contributed by atoms with Crippen molar-refractivity contribution in [3.05, 3.63) is 77.9 Å². The normalized spacial score (nSPS) is 15.5. The van der Waals surface area contributed by atoms with Gasteiger partial charge < -0.3 is 17.0 Å². The van der Waals surface area contributed by atoms with Gasteiger partial charge in [0.2, 0.25) is 0 Å². The Morgan fingerprint density at radius 2 is 1.19 bits per heavy atom. The third kappa shape index (κ3) is 2.39. The van der Waals surface area contributed by atoms with Crippen molar-refractivity contribution in [2.45, 2.75) is 13.1 Å². The summed E-state index contributed by atoms with van der Waals surface area (Å²) in [5, 5.41) is 2.71. The Morgan fingerprint density at radius 1 is 0.714 bits per heavy atom. The smallest absolute Gasteiger partial charge is 0.133 e. The molecule has 106 valence electrons. The van der Waals surface area contributed by atoms with Crippen LogP contribution in [0.5, 0.6) is 0 Å². The number of hydrogen-bond acceptors (Lipinski definition) is 0. The second-order valence-corrected chi connectivity index (χ2v) is 6.02. The molecular weight excluding hydrogens is 322 g/mol. The third-order valence-electron chi connectivity index (χ3n) is 4.49. The number of halogens is 1. The summed E-state index contributed by atoms with van der Waals surface area (Å²) in [4.78, 5) is 0. The van der Waals surface area contributed by atoms with Gasteiger partial charge in [0.05, 0.1) is 7.05 Å². The molecular formula is C19H18BrN. The van der Waals surface area contributed by atoms with E-state index in [-0.39, 0.29) is 17.0 Å². The van der Waals surface area contributed by atoms with Crippen LogP contribution in [0.25, 0.3) is 10.8 Å². The second kappa shape index (κ2) is 5.28. The SMILES string of the molecule is C[N+]1(c2ccccc2)Cc2cc3ccccc3cc2C1.[Br-]. The van der Waals surface area contributed by atoms with E-state index in [2.05, 4.69) is 73.8 Å². The minimum Gasteiger partial charge on any atom is -1.00 e. The lowest BCUT2D eigenvalue weighted by atomic mass is 10.0. The van der Waals surface area contributed by atoms with E-state index < -0.39 is 0 Å². The maximum absolute atomic E-state index is 2.37. The molecule has 3 aromatic rings. The summed E-state index contributed by atoms with van der Waals surface area (Å²) >= 11 is 0. The van der Waals surface area contributed by atoms with Crippen LogP contribution < -0.4 is 21.5 Å². The summed E-state index contributed by atoms with van der Waals surface area (Å²) in [6.07, 6.45) is 0. The molecule has 3 aromatic carbocycles. The van der Waals surface area contributed by atoms with Crippen LogP contribution in [0.2, 0.25) is 0 Å². The molecule has 1 aliphatic rings. The first kappa shape index (κ1) is 14.3. The van der Waals surface area contributed by atoms with E-state index in [4.69, 9.17) is 0 Å². The quantitative estimate of drug-likeness (QED) is 0.589. The molecule has 0 fully saturated rings. The van der Waals surface area contributed by atoms with Gasteiger partial charge in [-0.15, -0.1) is 0 Å². The molecule has 1 nitrogen and oxygen atoms in total. The van der Waals surface area contributed by atoms with Gasteiger partial charge in [-0.3, -0.25) is 4.48 Å². The minimum atomic E-state index is 0. The number of nitrogens with zero attached hydrogens (tertiary/aromatic N) is 1. The molecule has 0 saturated carbocycles. The molecule has 0 atom stereocenters. The Labute approximate surface area is 136 Å². The Hall–Kier alpha value is -1.64. The zero-order valence-corrected chi connectivity index (χ0v) is 13.7. The van der Waals surface area contributed by atoms with Gasteiger partial charge in [0.1, 0.15) is 18.8 Å². The van der Waals surface area contributed by atoms with Crippen molar-refractivity contribution in [1.82, 2.24) is 4.48 Å². The lowest BCUT2D eigenvalue weighted by Gasteiger charge is -2.28. The second-order valence-electron chi connectivity index (χ2n) is 6.02. The molecule has 0 amide bonds. The van der Waals surface area contributed by atoms with E-state index in [0.29, 0.717) is 0 Å². The van der Waals surface area contributed by atoms with Crippen molar-refractivity contribution in [3.63, 3.8) is 0 Å². The van der Waals surface area contributed by atoms with Gasteiger partial charge in [-0.2, -0.15) is 0 Å². The highest BCUT2D eigenvalue weighted by molar-refractivity contribution is 5.84. The highest BCUT2D eigenvalue weighted by Gasteiger charge is 2.33. The van der Waals surface area contributed by atoms with Crippen LogP contribution >= 0.6 is 0 Å². The topological polar surface area (TPSA) is 0 Å². The molecule has 4 rings (SSSR count). The first-order chi connectivity index (χ1) is 9.74. The molecule has 2 heteroatoms. The Kier molecular flexibility index (Phi) is 3.60. The number of rotatable bonds is 1. The summed E-state index contributed by atoms with van der Waals surface area (Å²) in [5.41, 5.74) is 4.39. The molecule has 21 heavy (non-hydrogen) atoms. The van der Waals surface area contributed by atoms with Crippen molar-refractivity contribution in [2.75, 3.05) is 7.05 Å². The van der Waals surface area contributed by atoms with Gasteiger partial charge in [0, 0.05) is 11.1 Å². The fourth-order valence-corrected chi connectivity index (χ4v) is 3.41. The lowest BCUT2D eigenvalue weighted by Crippen LogP contribution is -3.00. The predicted molar refractivity (Wildman–Crippen MR) is 85.5 cm³/mol. The summed E-state index contributed by atoms with van der Waals surface area (Å²) in [7, 11) is 2.33. The van der Waals surface area contributed by atoms with E-state index >= 15 is 0 Å². The van der Waals surface area contributed by atoms with Crippen LogP contribution in [0.1, 0.15) is 11.1 Å². The molecule has 1 heterocycles. The van der Waals surface area contributed by atoms with Crippen molar-refractivity contribution in [2.24, 2.45) is 0 Å². The average molecular weight is 340 g/mol. The maximum Gasteiger partial charge on any atom is 0.133 e. The monoisotopic (exact) mass is 339 g/mol. The highest BCUT2D eigenvalue weighted by Crippen LogP contribution is 2.35. The average Bonchev–Trinajstić information content (AvgIpc) is 2.82. The van der Waals surface area contributed by atoms with Gasteiger partial charge in [0.15, 0.2) is 0 Å². The lowest BCUT2D eigenvalue weighted by molar-refractivity contribution is -0.00000412. The Morgan fingerprint density at radius 3 is 1.71 bits per heavy atom. The van der Waals surface area contributed by atoms with Gasteiger partial charge in [0.25, 0.3) is 0 Å². The van der Waals surface area contributed by atoms with Gasteiger partial charge in [-0.25, -0.2) is 0 Å². The van der Waals surface area contributed by atoms with Gasteiger partial charge in [-0.1, -0.05) is 42.5 Å². The molecule has 0 bridgehead atoms. The largest absolute Gasteiger partial charge is 1.00 e. The first-order valence-electron chi connectivity index (χ1n) is 7.15. The fourth-order valence-electron chi connectivity index (χ4n) is 3.41. The minimum absolute atomic E-state index is 0. The van der Waals surface area contributed by atoms with Crippen LogP contribution in [0, 0.1) is 0 Å². The summed E-state index contributed by atoms with van der Waals surface area (Å²) < 4.78 is 0.979. The van der Waals surface area contributed by atoms with Crippen LogP contribution in [0.4, 0.5) is 5.69 Å². The molecule has 0 aliphatic carbocycles. The van der Waals surface area contributed by atoms with E-state index in [1.54, 1.807) is 0 Å². The van der Waals surface area contributed by atoms with E-state index in [1.807, 2.05) is 0 Å². The van der Waals surface area contributed by atoms with E-state index in [9.17, 15) is 0 Å². The molecule has 0 N–H and O–H groups in total. The van der Waals surface area contributed by atoms with Crippen LogP contribution in [0.15, 0.2) is 66.7 Å². The predicted octanol–water partition coefficient (Wildman–Crippen LogP) is 1.49. The van der Waals surface area contributed by atoms with Gasteiger partial charge >= 0.3 is 0 Å². The highest BCUT2D eigenvalue weighted by atomic mass is 79.9. The standard InChI is InChI=1S/C19H18N.BrH/c1-20(19-9-3-2-4-10-19)13-17-11-15-7-5-6-8-16(15)12-18(17)14-20;/h2-12H,13-14H2,1H3;1H/q+1;/p-1. The molecule has 0 unspecified atom stereocenters. The fraction of sp³-hybridized carbons (Fsp3) is 0.158. The number of benzene rings is 3. The number of hydrogen-bond donors (Lipinski definition) is 0. The van der Waals surface area contributed by atoms with Crippen molar-refractivity contribution in [1.29, 1.82) is 0 Å². The van der Waals surface area contributed by atoms with Crippen molar-refractivity contribution >= 4 is 16.5 Å². The van der Waals surface area contributed by atoms with Crippen LogP contribution in [-0.2, 0) is 13.1 Å². The number of fused-ring (bicyclic) bond motifs is 2. The van der Waals surface area contributed by atoms with Crippen molar-refractivity contribution in [3.8, 4) is 0 Å².